The summed E-state index contributed by atoms with van der Waals surface area (Å²) in [6.07, 6.45) is 1.28. The molecule has 5 nitrogen and oxygen atoms in total. The van der Waals surface area contributed by atoms with E-state index in [1.165, 1.54) is 6.20 Å². The summed E-state index contributed by atoms with van der Waals surface area (Å²) in [5.41, 5.74) is 3.92. The van der Waals surface area contributed by atoms with E-state index in [-0.39, 0.29) is 11.3 Å². The maximum Gasteiger partial charge on any atom is 0.267 e. The number of nitrogens with one attached hydrogen (secondary N) is 2. The number of phenols is 1. The van der Waals surface area contributed by atoms with Crippen LogP contribution in [-0.2, 0) is 4.79 Å². The number of benzene rings is 2. The molecule has 0 aliphatic heterocycles. The minimum Gasteiger partial charge on any atom is -0.506 e. The quantitative estimate of drug-likeness (QED) is 0.454. The minimum atomic E-state index is -0.509. The van der Waals surface area contributed by atoms with Gasteiger partial charge in [-0.25, -0.2) is 0 Å². The van der Waals surface area contributed by atoms with E-state index in [0.717, 1.165) is 16.7 Å². The van der Waals surface area contributed by atoms with Gasteiger partial charge in [-0.15, -0.1) is 0 Å². The zero-order valence-corrected chi connectivity index (χ0v) is 13.8. The largest absolute Gasteiger partial charge is 0.506 e. The van der Waals surface area contributed by atoms with Crippen molar-refractivity contribution >= 4 is 17.3 Å². The number of amides is 1. The molecular weight excluding hydrogens is 302 g/mol. The number of nitrogens with zero attached hydrogens (tertiary/aromatic N) is 1. The first-order valence-corrected chi connectivity index (χ1v) is 7.46. The van der Waals surface area contributed by atoms with E-state index in [1.807, 2.05) is 45.0 Å². The lowest BCUT2D eigenvalue weighted by Crippen LogP contribution is -2.15. The van der Waals surface area contributed by atoms with Gasteiger partial charge in [0.15, 0.2) is 0 Å². The second-order valence-corrected chi connectivity index (χ2v) is 5.54. The van der Waals surface area contributed by atoms with Crippen LogP contribution in [0.1, 0.15) is 16.7 Å². The number of carbonyl (C=O) groups is 1. The van der Waals surface area contributed by atoms with E-state index in [9.17, 15) is 15.2 Å². The van der Waals surface area contributed by atoms with Gasteiger partial charge in [0.1, 0.15) is 17.4 Å². The molecule has 122 valence electrons. The van der Waals surface area contributed by atoms with Gasteiger partial charge in [0.2, 0.25) is 0 Å². The smallest absolute Gasteiger partial charge is 0.267 e. The predicted octanol–water partition coefficient (Wildman–Crippen LogP) is 3.78. The van der Waals surface area contributed by atoms with E-state index >= 15 is 0 Å². The first-order chi connectivity index (χ1) is 11.4. The second kappa shape index (κ2) is 7.34. The van der Waals surface area contributed by atoms with Gasteiger partial charge >= 0.3 is 0 Å². The van der Waals surface area contributed by atoms with Crippen molar-refractivity contribution in [2.24, 2.45) is 0 Å². The highest BCUT2D eigenvalue weighted by atomic mass is 16.3. The van der Waals surface area contributed by atoms with Crippen LogP contribution in [-0.4, -0.2) is 11.0 Å². The van der Waals surface area contributed by atoms with Gasteiger partial charge in [0, 0.05) is 11.9 Å². The molecule has 5 heteroatoms. The van der Waals surface area contributed by atoms with Crippen LogP contribution in [0, 0.1) is 32.1 Å². The van der Waals surface area contributed by atoms with Crippen molar-refractivity contribution in [3.8, 4) is 11.8 Å². The molecule has 0 spiro atoms. The summed E-state index contributed by atoms with van der Waals surface area (Å²) < 4.78 is 0. The maximum absolute atomic E-state index is 12.3. The van der Waals surface area contributed by atoms with E-state index in [4.69, 9.17) is 0 Å². The normalized spacial score (nSPS) is 10.8. The minimum absolute atomic E-state index is 0.0541. The number of hydrogen-bond acceptors (Lipinski definition) is 4. The second-order valence-electron chi connectivity index (χ2n) is 5.54. The van der Waals surface area contributed by atoms with Gasteiger partial charge in [0.25, 0.3) is 5.91 Å². The summed E-state index contributed by atoms with van der Waals surface area (Å²) in [5, 5.41) is 24.6. The number of carbonyl (C=O) groups excluding carboxylic acids is 1. The summed E-state index contributed by atoms with van der Waals surface area (Å²) in [7, 11) is 0. The standard InChI is InChI=1S/C19H19N3O2/c1-12-7-8-17(18(23)9-12)21-11-15(10-20)19(24)22-16-6-4-5-13(2)14(16)3/h4-9,11,21,23H,1-3H3,(H,22,24)/b15-11-. The van der Waals surface area contributed by atoms with E-state index in [1.54, 1.807) is 18.2 Å². The fourth-order valence-corrected chi connectivity index (χ4v) is 2.14. The summed E-state index contributed by atoms with van der Waals surface area (Å²) in [6, 6.07) is 12.5. The number of hydrogen-bond donors (Lipinski definition) is 3. The SMILES string of the molecule is Cc1ccc(N/C=C(/C#N)C(=O)Nc2cccc(C)c2C)c(O)c1. The summed E-state index contributed by atoms with van der Waals surface area (Å²) >= 11 is 0. The Kier molecular flexibility index (Phi) is 5.23. The van der Waals surface area contributed by atoms with Crippen LogP contribution in [0.25, 0.3) is 0 Å². The van der Waals surface area contributed by atoms with Crippen LogP contribution in [0.2, 0.25) is 0 Å². The summed E-state index contributed by atoms with van der Waals surface area (Å²) in [5.74, 6) is -0.455. The van der Waals surface area contributed by atoms with Gasteiger partial charge in [0.05, 0.1) is 5.69 Å². The average molecular weight is 321 g/mol. The van der Waals surface area contributed by atoms with E-state index < -0.39 is 5.91 Å². The van der Waals surface area contributed by atoms with Crippen molar-refractivity contribution < 1.29 is 9.90 Å². The van der Waals surface area contributed by atoms with Gasteiger partial charge in [-0.3, -0.25) is 4.79 Å². The molecule has 0 saturated heterocycles. The molecule has 0 heterocycles. The molecule has 24 heavy (non-hydrogen) atoms. The van der Waals surface area contributed by atoms with Gasteiger partial charge in [-0.05, 0) is 55.7 Å². The van der Waals surface area contributed by atoms with Crippen molar-refractivity contribution in [2.75, 3.05) is 10.6 Å². The molecule has 1 amide bonds. The molecular formula is C19H19N3O2. The molecule has 0 atom stereocenters. The lowest BCUT2D eigenvalue weighted by Gasteiger charge is -2.10. The Hall–Kier alpha value is -3.26. The highest BCUT2D eigenvalue weighted by molar-refractivity contribution is 6.07. The third kappa shape index (κ3) is 3.93. The van der Waals surface area contributed by atoms with Crippen molar-refractivity contribution in [1.82, 2.24) is 0 Å². The summed E-state index contributed by atoms with van der Waals surface area (Å²) in [6.45, 7) is 5.72. The lowest BCUT2D eigenvalue weighted by atomic mass is 10.1. The summed E-state index contributed by atoms with van der Waals surface area (Å²) in [4.78, 5) is 12.3. The first kappa shape index (κ1) is 17.1. The predicted molar refractivity (Wildman–Crippen MR) is 94.7 cm³/mol. The Morgan fingerprint density at radius 1 is 1.17 bits per heavy atom. The fourth-order valence-electron chi connectivity index (χ4n) is 2.14. The highest BCUT2D eigenvalue weighted by Gasteiger charge is 2.11. The van der Waals surface area contributed by atoms with Gasteiger partial charge in [-0.1, -0.05) is 18.2 Å². The third-order valence-corrected chi connectivity index (χ3v) is 3.74. The van der Waals surface area contributed by atoms with Crippen LogP contribution in [0.3, 0.4) is 0 Å². The van der Waals surface area contributed by atoms with Crippen LogP contribution in [0.5, 0.6) is 5.75 Å². The van der Waals surface area contributed by atoms with Crippen molar-refractivity contribution in [2.45, 2.75) is 20.8 Å². The molecule has 0 aliphatic rings. The maximum atomic E-state index is 12.3. The Balaban J connectivity index is 2.17. The molecule has 0 radical (unpaired) electrons. The molecule has 2 rings (SSSR count). The average Bonchev–Trinajstić information content (AvgIpc) is 2.54. The zero-order valence-electron chi connectivity index (χ0n) is 13.8. The molecule has 2 aromatic carbocycles. The molecule has 0 saturated carbocycles. The Labute approximate surface area is 141 Å². The fraction of sp³-hybridized carbons (Fsp3) is 0.158. The van der Waals surface area contributed by atoms with Crippen LogP contribution < -0.4 is 10.6 Å². The van der Waals surface area contributed by atoms with Crippen LogP contribution in [0.15, 0.2) is 48.2 Å². The van der Waals surface area contributed by atoms with E-state index in [0.29, 0.717) is 11.4 Å². The van der Waals surface area contributed by atoms with Crippen LogP contribution >= 0.6 is 0 Å². The Morgan fingerprint density at radius 3 is 2.58 bits per heavy atom. The Bertz CT molecular complexity index is 848. The van der Waals surface area contributed by atoms with Crippen LogP contribution in [0.4, 0.5) is 11.4 Å². The van der Waals surface area contributed by atoms with Crippen molar-refractivity contribution in [3.05, 3.63) is 64.9 Å². The third-order valence-electron chi connectivity index (χ3n) is 3.74. The number of anilines is 2. The molecule has 0 aliphatic carbocycles. The molecule has 0 bridgehead atoms. The topological polar surface area (TPSA) is 85.2 Å². The molecule has 0 unspecified atom stereocenters. The van der Waals surface area contributed by atoms with Crippen molar-refractivity contribution in [3.63, 3.8) is 0 Å². The number of nitriles is 1. The zero-order chi connectivity index (χ0) is 17.7. The molecule has 0 fully saturated rings. The molecule has 3 N–H and O–H groups in total. The Morgan fingerprint density at radius 2 is 1.92 bits per heavy atom. The first-order valence-electron chi connectivity index (χ1n) is 7.46. The number of rotatable bonds is 4. The number of phenolic OH excluding ortho intramolecular Hbond substituents is 1. The monoisotopic (exact) mass is 321 g/mol. The molecule has 0 aromatic heterocycles. The highest BCUT2D eigenvalue weighted by Crippen LogP contribution is 2.24. The van der Waals surface area contributed by atoms with Gasteiger partial charge in [-0.2, -0.15) is 5.26 Å². The van der Waals surface area contributed by atoms with Gasteiger partial charge < -0.3 is 15.7 Å². The number of aromatic hydroxyl groups is 1. The number of aryl methyl sites for hydroxylation is 2. The van der Waals surface area contributed by atoms with Crippen molar-refractivity contribution in [1.29, 1.82) is 5.26 Å². The van der Waals surface area contributed by atoms with E-state index in [2.05, 4.69) is 10.6 Å². The lowest BCUT2D eigenvalue weighted by molar-refractivity contribution is -0.112. The molecule has 2 aromatic rings.